The third kappa shape index (κ3) is 5.86. The fourth-order valence-corrected chi connectivity index (χ4v) is 3.84. The normalized spacial score (nSPS) is 10.8. The summed E-state index contributed by atoms with van der Waals surface area (Å²) in [6, 6.07) is 14.8. The van der Waals surface area contributed by atoms with Gasteiger partial charge in [-0.3, -0.25) is 4.79 Å². The van der Waals surface area contributed by atoms with Crippen LogP contribution in [0.4, 0.5) is 11.4 Å². The second kappa shape index (κ2) is 10.8. The zero-order valence-corrected chi connectivity index (χ0v) is 18.8. The fourth-order valence-electron chi connectivity index (χ4n) is 2.67. The van der Waals surface area contributed by atoms with E-state index >= 15 is 0 Å². The summed E-state index contributed by atoms with van der Waals surface area (Å²) in [5.74, 6) is 0.410. The summed E-state index contributed by atoms with van der Waals surface area (Å²) < 4.78 is 7.01. The maximum Gasteiger partial charge on any atom is 0.230 e. The van der Waals surface area contributed by atoms with E-state index in [2.05, 4.69) is 16.4 Å². The molecule has 1 aromatic heterocycles. The van der Waals surface area contributed by atoms with Crippen LogP contribution < -0.4 is 14.9 Å². The Morgan fingerprint density at radius 1 is 1.30 bits per heavy atom. The maximum atomic E-state index is 12.4. The highest BCUT2D eigenvalue weighted by Crippen LogP contribution is 2.27. The number of nitrogens with zero attached hydrogens (tertiary/aromatic N) is 3. The number of halogens is 2. The van der Waals surface area contributed by atoms with Gasteiger partial charge in [-0.25, -0.2) is 4.99 Å². The second-order valence-corrected chi connectivity index (χ2v) is 7.50. The van der Waals surface area contributed by atoms with E-state index in [1.807, 2.05) is 41.3 Å². The van der Waals surface area contributed by atoms with Gasteiger partial charge in [0.2, 0.25) is 5.91 Å². The molecule has 0 radical (unpaired) electrons. The Morgan fingerprint density at radius 2 is 2.03 bits per heavy atom. The van der Waals surface area contributed by atoms with Crippen LogP contribution in [0.25, 0.3) is 0 Å². The zero-order valence-electron chi connectivity index (χ0n) is 16.4. The average Bonchev–Trinajstić information content (AvgIpc) is 3.03. The molecule has 0 saturated heterocycles. The van der Waals surface area contributed by atoms with Crippen molar-refractivity contribution >= 4 is 52.6 Å². The number of ether oxygens (including phenoxy) is 1. The predicted molar refractivity (Wildman–Crippen MR) is 122 cm³/mol. The molecule has 6 nitrogen and oxygen atoms in total. The van der Waals surface area contributed by atoms with Crippen LogP contribution in [0.5, 0.6) is 5.75 Å². The lowest BCUT2D eigenvalue weighted by Crippen LogP contribution is -2.19. The summed E-state index contributed by atoms with van der Waals surface area (Å²) in [5, 5.41) is 13.9. The van der Waals surface area contributed by atoms with Crippen LogP contribution in [-0.2, 0) is 24.7 Å². The van der Waals surface area contributed by atoms with E-state index in [0.29, 0.717) is 22.9 Å². The first-order chi connectivity index (χ1) is 14.0. The van der Waals surface area contributed by atoms with Crippen molar-refractivity contribution in [1.29, 1.82) is 5.26 Å². The topological polar surface area (TPSA) is 79.4 Å². The van der Waals surface area contributed by atoms with Gasteiger partial charge in [0.25, 0.3) is 0 Å². The van der Waals surface area contributed by atoms with Crippen molar-refractivity contribution in [2.75, 3.05) is 12.4 Å². The van der Waals surface area contributed by atoms with Crippen molar-refractivity contribution in [2.24, 2.45) is 12.0 Å². The van der Waals surface area contributed by atoms with Gasteiger partial charge < -0.3 is 14.6 Å². The van der Waals surface area contributed by atoms with Gasteiger partial charge >= 0.3 is 0 Å². The first-order valence-corrected chi connectivity index (χ1v) is 10.0. The van der Waals surface area contributed by atoms with Gasteiger partial charge in [-0.15, -0.1) is 23.7 Å². The van der Waals surface area contributed by atoms with Gasteiger partial charge in [-0.1, -0.05) is 23.7 Å². The highest BCUT2D eigenvalue weighted by Gasteiger charge is 2.10. The van der Waals surface area contributed by atoms with Crippen LogP contribution in [-0.4, -0.2) is 17.6 Å². The molecule has 3 aromatic rings. The summed E-state index contributed by atoms with van der Waals surface area (Å²) >= 11 is 7.57. The molecule has 3 rings (SSSR count). The van der Waals surface area contributed by atoms with Gasteiger partial charge in [0, 0.05) is 23.8 Å². The summed E-state index contributed by atoms with van der Waals surface area (Å²) in [5.41, 5.74) is 3.22. The van der Waals surface area contributed by atoms with Gasteiger partial charge in [0.05, 0.1) is 36.7 Å². The second-order valence-electron chi connectivity index (χ2n) is 6.26. The Hall–Kier alpha value is -2.79. The number of methoxy groups -OCH3 is 1. The molecule has 0 spiro atoms. The number of anilines is 1. The van der Waals surface area contributed by atoms with Crippen LogP contribution >= 0.6 is 35.3 Å². The largest absolute Gasteiger partial charge is 0.495 e. The lowest BCUT2D eigenvalue weighted by atomic mass is 10.1. The quantitative estimate of drug-likeness (QED) is 0.578. The number of amides is 1. The number of aromatic nitrogens is 1. The number of benzene rings is 2. The molecular weight excluding hydrogens is 443 g/mol. The number of carbonyl (C=O) groups excluding carboxylic acids is 1. The summed E-state index contributed by atoms with van der Waals surface area (Å²) in [6.07, 6.45) is 0.596. The van der Waals surface area contributed by atoms with Crippen LogP contribution in [0.3, 0.4) is 0 Å². The van der Waals surface area contributed by atoms with E-state index in [0.717, 1.165) is 21.7 Å². The van der Waals surface area contributed by atoms with E-state index in [-0.39, 0.29) is 24.7 Å². The Balaban J connectivity index is 0.00000320. The molecule has 1 heterocycles. The van der Waals surface area contributed by atoms with Gasteiger partial charge in [-0.05, 0) is 35.9 Å². The summed E-state index contributed by atoms with van der Waals surface area (Å²) in [6.45, 7) is 0. The van der Waals surface area contributed by atoms with Crippen molar-refractivity contribution in [3.8, 4) is 11.8 Å². The van der Waals surface area contributed by atoms with Crippen LogP contribution in [0.15, 0.2) is 52.8 Å². The third-order valence-corrected chi connectivity index (χ3v) is 5.50. The number of carbonyl (C=O) groups is 1. The molecule has 30 heavy (non-hydrogen) atoms. The monoisotopic (exact) mass is 462 g/mol. The van der Waals surface area contributed by atoms with E-state index in [4.69, 9.17) is 21.6 Å². The first-order valence-electron chi connectivity index (χ1n) is 8.77. The number of hydrogen-bond acceptors (Lipinski definition) is 5. The van der Waals surface area contributed by atoms with Crippen LogP contribution in [0, 0.1) is 11.3 Å². The number of hydrogen-bond donors (Lipinski definition) is 1. The van der Waals surface area contributed by atoms with E-state index < -0.39 is 0 Å². The molecule has 1 amide bonds. The van der Waals surface area contributed by atoms with Crippen molar-refractivity contribution in [2.45, 2.75) is 12.8 Å². The minimum atomic E-state index is -0.146. The molecular formula is C21H20Cl2N4O2S. The van der Waals surface area contributed by atoms with Crippen molar-refractivity contribution < 1.29 is 9.53 Å². The van der Waals surface area contributed by atoms with E-state index in [1.165, 1.54) is 11.3 Å². The van der Waals surface area contributed by atoms with Crippen molar-refractivity contribution in [3.63, 3.8) is 0 Å². The standard InChI is InChI=1S/C21H19ClN4O2S.ClH/c1-26-17(12-20(27)24-16-7-8-19(28-2)18(22)11-16)13-29-21(26)25-15-5-3-14(4-6-15)9-10-23;/h3-8,11,13H,9,12H2,1-2H3,(H,24,27);1H. The third-order valence-electron chi connectivity index (χ3n) is 4.24. The summed E-state index contributed by atoms with van der Waals surface area (Å²) in [7, 11) is 3.42. The molecule has 9 heteroatoms. The van der Waals surface area contributed by atoms with E-state index in [9.17, 15) is 4.79 Å². The molecule has 0 saturated carbocycles. The molecule has 0 aliphatic heterocycles. The average molecular weight is 463 g/mol. The van der Waals surface area contributed by atoms with Crippen LogP contribution in [0.2, 0.25) is 5.02 Å². The minimum Gasteiger partial charge on any atom is -0.495 e. The molecule has 0 aliphatic carbocycles. The number of thiazole rings is 1. The molecule has 0 bridgehead atoms. The smallest absolute Gasteiger partial charge is 0.230 e. The molecule has 0 unspecified atom stereocenters. The zero-order chi connectivity index (χ0) is 20.8. The Kier molecular flexibility index (Phi) is 8.48. The number of nitriles is 1. The highest BCUT2D eigenvalue weighted by molar-refractivity contribution is 7.07. The Bertz CT molecular complexity index is 1130. The van der Waals surface area contributed by atoms with Crippen LogP contribution in [0.1, 0.15) is 11.3 Å². The minimum absolute atomic E-state index is 0. The van der Waals surface area contributed by atoms with Gasteiger partial charge in [0.1, 0.15) is 5.75 Å². The van der Waals surface area contributed by atoms with Gasteiger partial charge in [-0.2, -0.15) is 5.26 Å². The predicted octanol–water partition coefficient (Wildman–Crippen LogP) is 4.65. The van der Waals surface area contributed by atoms with Crippen molar-refractivity contribution in [3.05, 3.63) is 68.9 Å². The maximum absolute atomic E-state index is 12.4. The molecule has 1 N–H and O–H groups in total. The molecule has 0 aliphatic rings. The SMILES string of the molecule is COc1ccc(NC(=O)Cc2csc(=Nc3ccc(CC#N)cc3)n2C)cc1Cl.Cl. The molecule has 156 valence electrons. The Morgan fingerprint density at radius 3 is 2.67 bits per heavy atom. The van der Waals surface area contributed by atoms with E-state index in [1.54, 1.807) is 25.3 Å². The first kappa shape index (κ1) is 23.5. The fraction of sp³-hybridized carbons (Fsp3) is 0.190. The molecule has 2 aromatic carbocycles. The lowest BCUT2D eigenvalue weighted by molar-refractivity contribution is -0.115. The van der Waals surface area contributed by atoms with Gasteiger partial charge in [0.15, 0.2) is 4.80 Å². The number of rotatable bonds is 6. The lowest BCUT2D eigenvalue weighted by Gasteiger charge is -2.08. The molecule has 0 fully saturated rings. The number of nitrogens with one attached hydrogen (secondary N) is 1. The molecule has 0 atom stereocenters. The Labute approximate surface area is 189 Å². The van der Waals surface area contributed by atoms with Crippen molar-refractivity contribution in [1.82, 2.24) is 4.57 Å². The highest BCUT2D eigenvalue weighted by atomic mass is 35.5. The summed E-state index contributed by atoms with van der Waals surface area (Å²) in [4.78, 5) is 17.8.